The maximum Gasteiger partial charge on any atom is 0.252 e. The molecule has 3 fully saturated rings. The van der Waals surface area contributed by atoms with Crippen LogP contribution in [0, 0.1) is 0 Å². The van der Waals surface area contributed by atoms with Crippen LogP contribution >= 0.6 is 0 Å². The minimum atomic E-state index is -0.172. The third-order valence-corrected chi connectivity index (χ3v) is 5.87. The van der Waals surface area contributed by atoms with Crippen LogP contribution in [0.2, 0.25) is 0 Å². The molecule has 1 aromatic carbocycles. The summed E-state index contributed by atoms with van der Waals surface area (Å²) in [4.78, 5) is 17.6. The van der Waals surface area contributed by atoms with Crippen molar-refractivity contribution in [1.82, 2.24) is 9.80 Å². The van der Waals surface area contributed by atoms with E-state index in [1.54, 1.807) is 0 Å². The number of carbonyl (C=O) groups is 1. The summed E-state index contributed by atoms with van der Waals surface area (Å²) in [6.07, 6.45) is 6.50. The Kier molecular flexibility index (Phi) is 4.86. The van der Waals surface area contributed by atoms with Gasteiger partial charge in [-0.1, -0.05) is 30.3 Å². The molecule has 0 unspecified atom stereocenters. The molecule has 0 saturated carbocycles. The Bertz CT molecular complexity index is 556. The van der Waals surface area contributed by atoms with Gasteiger partial charge in [-0.15, -0.1) is 0 Å². The van der Waals surface area contributed by atoms with Crippen LogP contribution in [0.4, 0.5) is 0 Å². The average molecular weight is 328 g/mol. The molecule has 4 heteroatoms. The minimum Gasteiger partial charge on any atom is -0.368 e. The number of nitrogens with zero attached hydrogens (tertiary/aromatic N) is 2. The smallest absolute Gasteiger partial charge is 0.252 e. The second kappa shape index (κ2) is 7.24. The zero-order chi connectivity index (χ0) is 16.4. The molecule has 0 aromatic heterocycles. The van der Waals surface area contributed by atoms with Crippen molar-refractivity contribution in [3.63, 3.8) is 0 Å². The van der Waals surface area contributed by atoms with E-state index in [4.69, 9.17) is 4.74 Å². The highest BCUT2D eigenvalue weighted by Crippen LogP contribution is 2.32. The number of amides is 1. The molecule has 4 nitrogen and oxygen atoms in total. The van der Waals surface area contributed by atoms with Crippen molar-refractivity contribution in [2.75, 3.05) is 19.7 Å². The number of hydrogen-bond acceptors (Lipinski definition) is 3. The summed E-state index contributed by atoms with van der Waals surface area (Å²) in [7, 11) is 0. The van der Waals surface area contributed by atoms with Crippen molar-refractivity contribution < 1.29 is 9.53 Å². The fourth-order valence-corrected chi connectivity index (χ4v) is 4.73. The molecule has 3 aliphatic heterocycles. The Morgan fingerprint density at radius 1 is 1.00 bits per heavy atom. The maximum absolute atomic E-state index is 12.9. The highest BCUT2D eigenvalue weighted by molar-refractivity contribution is 5.81. The lowest BCUT2D eigenvalue weighted by molar-refractivity contribution is -0.142. The van der Waals surface area contributed by atoms with Gasteiger partial charge >= 0.3 is 0 Å². The van der Waals surface area contributed by atoms with Gasteiger partial charge in [0.15, 0.2) is 0 Å². The first kappa shape index (κ1) is 16.1. The molecule has 0 bridgehead atoms. The van der Waals surface area contributed by atoms with Gasteiger partial charge in [0.25, 0.3) is 5.91 Å². The van der Waals surface area contributed by atoms with E-state index in [-0.39, 0.29) is 12.0 Å². The average Bonchev–Trinajstić information content (AvgIpc) is 3.36. The van der Waals surface area contributed by atoms with E-state index in [0.29, 0.717) is 12.1 Å². The van der Waals surface area contributed by atoms with E-state index in [2.05, 4.69) is 40.1 Å². The van der Waals surface area contributed by atoms with E-state index < -0.39 is 0 Å². The van der Waals surface area contributed by atoms with Gasteiger partial charge in [0.05, 0.1) is 0 Å². The molecule has 3 aliphatic rings. The molecule has 1 amide bonds. The fraction of sp³-hybridized carbons (Fsp3) is 0.650. The van der Waals surface area contributed by atoms with Crippen molar-refractivity contribution in [3.8, 4) is 0 Å². The normalized spacial score (nSPS) is 31.0. The van der Waals surface area contributed by atoms with E-state index in [0.717, 1.165) is 51.9 Å². The molecular weight excluding hydrogens is 300 g/mol. The van der Waals surface area contributed by atoms with Gasteiger partial charge in [0.1, 0.15) is 6.10 Å². The third-order valence-electron chi connectivity index (χ3n) is 5.87. The molecule has 3 saturated heterocycles. The summed E-state index contributed by atoms with van der Waals surface area (Å²) in [5, 5.41) is 0. The Morgan fingerprint density at radius 3 is 2.58 bits per heavy atom. The Labute approximate surface area is 144 Å². The summed E-state index contributed by atoms with van der Waals surface area (Å²) in [5.74, 6) is 0.251. The van der Waals surface area contributed by atoms with Crippen LogP contribution in [0.3, 0.4) is 0 Å². The van der Waals surface area contributed by atoms with Gasteiger partial charge in [0, 0.05) is 31.8 Å². The molecule has 0 radical (unpaired) electrons. The van der Waals surface area contributed by atoms with Gasteiger partial charge in [-0.3, -0.25) is 9.69 Å². The number of ether oxygens (including phenoxy) is 1. The van der Waals surface area contributed by atoms with E-state index in [1.807, 2.05) is 0 Å². The van der Waals surface area contributed by atoms with Crippen LogP contribution in [-0.2, 0) is 16.1 Å². The van der Waals surface area contributed by atoms with Crippen LogP contribution in [0.5, 0.6) is 0 Å². The first-order valence-corrected chi connectivity index (χ1v) is 9.53. The van der Waals surface area contributed by atoms with Crippen LogP contribution < -0.4 is 0 Å². The molecule has 130 valence electrons. The molecule has 0 aliphatic carbocycles. The summed E-state index contributed by atoms with van der Waals surface area (Å²) < 4.78 is 5.66. The molecular formula is C20H28N2O2. The van der Waals surface area contributed by atoms with Gasteiger partial charge in [-0.25, -0.2) is 0 Å². The van der Waals surface area contributed by atoms with Crippen molar-refractivity contribution in [1.29, 1.82) is 0 Å². The zero-order valence-electron chi connectivity index (χ0n) is 14.4. The highest BCUT2D eigenvalue weighted by Gasteiger charge is 2.41. The van der Waals surface area contributed by atoms with Crippen molar-refractivity contribution >= 4 is 5.91 Å². The molecule has 0 N–H and O–H groups in total. The summed E-state index contributed by atoms with van der Waals surface area (Å²) in [5.41, 5.74) is 1.37. The monoisotopic (exact) mass is 328 g/mol. The predicted octanol–water partition coefficient (Wildman–Crippen LogP) is 2.82. The molecule has 3 atom stereocenters. The number of likely N-dealkylation sites (tertiary alicyclic amines) is 2. The lowest BCUT2D eigenvalue weighted by Crippen LogP contribution is -2.50. The maximum atomic E-state index is 12.9. The zero-order valence-corrected chi connectivity index (χ0v) is 14.4. The highest BCUT2D eigenvalue weighted by atomic mass is 16.5. The first-order chi connectivity index (χ1) is 11.8. The topological polar surface area (TPSA) is 32.8 Å². The van der Waals surface area contributed by atoms with Gasteiger partial charge < -0.3 is 9.64 Å². The SMILES string of the molecule is O=C([C@@H]1CCCO1)N1CCC[C@H]1[C@@H]1CCCN1Cc1ccccc1. The quantitative estimate of drug-likeness (QED) is 0.852. The second-order valence-electron chi connectivity index (χ2n) is 7.41. The second-order valence-corrected chi connectivity index (χ2v) is 7.41. The summed E-state index contributed by atoms with van der Waals surface area (Å²) in [6.45, 7) is 3.82. The molecule has 4 rings (SSSR count). The first-order valence-electron chi connectivity index (χ1n) is 9.53. The van der Waals surface area contributed by atoms with E-state index in [9.17, 15) is 4.79 Å². The van der Waals surface area contributed by atoms with E-state index in [1.165, 1.54) is 18.4 Å². The predicted molar refractivity (Wildman–Crippen MR) is 93.6 cm³/mol. The Morgan fingerprint density at radius 2 is 1.79 bits per heavy atom. The largest absolute Gasteiger partial charge is 0.368 e. The van der Waals surface area contributed by atoms with Crippen LogP contribution in [0.15, 0.2) is 30.3 Å². The fourth-order valence-electron chi connectivity index (χ4n) is 4.73. The summed E-state index contributed by atoms with van der Waals surface area (Å²) in [6, 6.07) is 11.6. The Balaban J connectivity index is 1.45. The number of hydrogen-bond donors (Lipinski definition) is 0. The molecule has 3 heterocycles. The van der Waals surface area contributed by atoms with Crippen LogP contribution in [-0.4, -0.2) is 53.6 Å². The standard InChI is InChI=1S/C20H28N2O2/c23-20(19-11-6-14-24-19)22-13-5-10-18(22)17-9-4-12-21(17)15-16-7-2-1-3-8-16/h1-3,7-8,17-19H,4-6,9-15H2/t17-,18-,19-/m0/s1. The number of rotatable bonds is 4. The van der Waals surface area contributed by atoms with Crippen molar-refractivity contribution in [2.45, 2.75) is 63.3 Å². The van der Waals surface area contributed by atoms with Crippen LogP contribution in [0.25, 0.3) is 0 Å². The van der Waals surface area contributed by atoms with Gasteiger partial charge in [0.2, 0.25) is 0 Å². The van der Waals surface area contributed by atoms with Crippen molar-refractivity contribution in [2.24, 2.45) is 0 Å². The van der Waals surface area contributed by atoms with Crippen molar-refractivity contribution in [3.05, 3.63) is 35.9 Å². The number of carbonyl (C=O) groups excluding carboxylic acids is 1. The summed E-state index contributed by atoms with van der Waals surface area (Å²) >= 11 is 0. The number of benzene rings is 1. The van der Waals surface area contributed by atoms with Crippen LogP contribution in [0.1, 0.15) is 44.1 Å². The Hall–Kier alpha value is -1.39. The van der Waals surface area contributed by atoms with Gasteiger partial charge in [-0.05, 0) is 50.6 Å². The molecule has 1 aromatic rings. The molecule has 0 spiro atoms. The lowest BCUT2D eigenvalue weighted by Gasteiger charge is -2.36. The minimum absolute atomic E-state index is 0.172. The van der Waals surface area contributed by atoms with Gasteiger partial charge in [-0.2, -0.15) is 0 Å². The molecule has 24 heavy (non-hydrogen) atoms. The third kappa shape index (κ3) is 3.22. The lowest BCUT2D eigenvalue weighted by atomic mass is 10.0. The van der Waals surface area contributed by atoms with E-state index >= 15 is 0 Å².